The van der Waals surface area contributed by atoms with Crippen molar-refractivity contribution in [2.45, 2.75) is 6.54 Å². The maximum Gasteiger partial charge on any atom is 0.201 e. The number of imidazole rings is 1. The first-order valence-corrected chi connectivity index (χ1v) is 6.96. The average molecular weight is 337 g/mol. The highest BCUT2D eigenvalue weighted by Crippen LogP contribution is 2.23. The van der Waals surface area contributed by atoms with Gasteiger partial charge in [-0.15, -0.1) is 0 Å². The van der Waals surface area contributed by atoms with Crippen LogP contribution in [0.3, 0.4) is 0 Å². The molecule has 1 aromatic heterocycles. The lowest BCUT2D eigenvalue weighted by Gasteiger charge is -2.07. The molecule has 0 spiro atoms. The fraction of sp³-hybridized carbons (Fsp3) is 0.0714. The predicted molar refractivity (Wildman–Crippen MR) is 82.4 cm³/mol. The second kappa shape index (κ2) is 4.87. The number of aromatic nitrogens is 2. The van der Waals surface area contributed by atoms with Crippen LogP contribution in [0.4, 0.5) is 5.95 Å². The van der Waals surface area contributed by atoms with Crippen LogP contribution < -0.4 is 5.73 Å². The molecule has 0 fully saturated rings. The summed E-state index contributed by atoms with van der Waals surface area (Å²) in [6.07, 6.45) is 0. The van der Waals surface area contributed by atoms with Gasteiger partial charge in [-0.3, -0.25) is 0 Å². The Morgan fingerprint density at radius 2 is 1.89 bits per heavy atom. The highest BCUT2D eigenvalue weighted by molar-refractivity contribution is 9.10. The molecule has 5 heteroatoms. The average Bonchev–Trinajstić information content (AvgIpc) is 2.69. The summed E-state index contributed by atoms with van der Waals surface area (Å²) in [4.78, 5) is 4.36. The van der Waals surface area contributed by atoms with Crippen molar-refractivity contribution in [3.8, 4) is 0 Å². The van der Waals surface area contributed by atoms with Crippen molar-refractivity contribution in [1.29, 1.82) is 0 Å². The van der Waals surface area contributed by atoms with E-state index in [0.29, 0.717) is 12.5 Å². The minimum absolute atomic E-state index is 0.517. The van der Waals surface area contributed by atoms with Gasteiger partial charge in [0.1, 0.15) is 0 Å². The highest BCUT2D eigenvalue weighted by atomic mass is 79.9. The van der Waals surface area contributed by atoms with Crippen LogP contribution in [0, 0.1) is 0 Å². The van der Waals surface area contributed by atoms with E-state index >= 15 is 0 Å². The molecule has 3 nitrogen and oxygen atoms in total. The van der Waals surface area contributed by atoms with Crippen LogP contribution in [0.25, 0.3) is 11.0 Å². The summed E-state index contributed by atoms with van der Waals surface area (Å²) in [6.45, 7) is 0.677. The number of benzene rings is 2. The van der Waals surface area contributed by atoms with E-state index in [1.807, 2.05) is 47.0 Å². The number of fused-ring (bicyclic) bond motifs is 1. The first-order valence-electron chi connectivity index (χ1n) is 5.79. The van der Waals surface area contributed by atoms with Crippen LogP contribution in [0.15, 0.2) is 46.9 Å². The molecule has 1 heterocycles. The second-order valence-corrected chi connectivity index (χ2v) is 5.67. The summed E-state index contributed by atoms with van der Waals surface area (Å²) in [5, 5.41) is 0.731. The van der Waals surface area contributed by atoms with E-state index < -0.39 is 0 Å². The van der Waals surface area contributed by atoms with Crippen LogP contribution in [0.5, 0.6) is 0 Å². The predicted octanol–water partition coefficient (Wildman–Crippen LogP) is 4.08. The molecule has 0 saturated carbocycles. The third-order valence-electron chi connectivity index (χ3n) is 2.99. The maximum absolute atomic E-state index is 5.99. The number of nitrogens with two attached hydrogens (primary N) is 1. The molecule has 19 heavy (non-hydrogen) atoms. The number of nitrogens with zero attached hydrogens (tertiary/aromatic N) is 2. The first-order chi connectivity index (χ1) is 9.13. The molecule has 0 unspecified atom stereocenters. The molecule has 0 aliphatic heterocycles. The van der Waals surface area contributed by atoms with E-state index in [1.165, 1.54) is 0 Å². The molecule has 2 aromatic carbocycles. The quantitative estimate of drug-likeness (QED) is 0.766. The SMILES string of the molecule is Nc1nc2ccc(Br)cc2n1Cc1ccc(Cl)cc1. The van der Waals surface area contributed by atoms with Crippen LogP contribution in [-0.2, 0) is 6.54 Å². The summed E-state index contributed by atoms with van der Waals surface area (Å²) in [7, 11) is 0. The minimum Gasteiger partial charge on any atom is -0.369 e. The Balaban J connectivity index is 2.06. The molecular formula is C14H11BrClN3. The van der Waals surface area contributed by atoms with Crippen molar-refractivity contribution in [1.82, 2.24) is 9.55 Å². The zero-order valence-electron chi connectivity index (χ0n) is 9.98. The second-order valence-electron chi connectivity index (χ2n) is 4.32. The van der Waals surface area contributed by atoms with Gasteiger partial charge in [0.25, 0.3) is 0 Å². The zero-order chi connectivity index (χ0) is 13.4. The lowest BCUT2D eigenvalue weighted by Crippen LogP contribution is -2.04. The fourth-order valence-electron chi connectivity index (χ4n) is 2.05. The van der Waals surface area contributed by atoms with Crippen LogP contribution in [-0.4, -0.2) is 9.55 Å². The number of rotatable bonds is 2. The number of anilines is 1. The normalized spacial score (nSPS) is 11.1. The van der Waals surface area contributed by atoms with Gasteiger partial charge in [0, 0.05) is 9.50 Å². The van der Waals surface area contributed by atoms with E-state index in [9.17, 15) is 0 Å². The van der Waals surface area contributed by atoms with Gasteiger partial charge in [-0.2, -0.15) is 0 Å². The summed E-state index contributed by atoms with van der Waals surface area (Å²) in [5.41, 5.74) is 9.04. The molecule has 0 amide bonds. The Morgan fingerprint density at radius 3 is 2.63 bits per heavy atom. The summed E-state index contributed by atoms with van der Waals surface area (Å²) < 4.78 is 3.00. The maximum atomic E-state index is 5.99. The molecule has 0 saturated heterocycles. The van der Waals surface area contributed by atoms with E-state index in [0.717, 1.165) is 26.1 Å². The van der Waals surface area contributed by atoms with Gasteiger partial charge in [0.05, 0.1) is 17.6 Å². The molecule has 0 bridgehead atoms. The van der Waals surface area contributed by atoms with Gasteiger partial charge in [0.15, 0.2) is 0 Å². The number of halogens is 2. The van der Waals surface area contributed by atoms with Crippen molar-refractivity contribution in [2.75, 3.05) is 5.73 Å². The molecular weight excluding hydrogens is 326 g/mol. The Hall–Kier alpha value is -1.52. The Morgan fingerprint density at radius 1 is 1.16 bits per heavy atom. The highest BCUT2D eigenvalue weighted by Gasteiger charge is 2.08. The summed E-state index contributed by atoms with van der Waals surface area (Å²) in [5.74, 6) is 0.517. The van der Waals surface area contributed by atoms with Crippen LogP contribution >= 0.6 is 27.5 Å². The zero-order valence-corrected chi connectivity index (χ0v) is 12.3. The van der Waals surface area contributed by atoms with E-state index in [2.05, 4.69) is 20.9 Å². The largest absolute Gasteiger partial charge is 0.369 e. The molecule has 3 aromatic rings. The first kappa shape index (κ1) is 12.5. The molecule has 3 rings (SSSR count). The molecule has 0 atom stereocenters. The van der Waals surface area contributed by atoms with Gasteiger partial charge >= 0.3 is 0 Å². The molecule has 0 radical (unpaired) electrons. The number of hydrogen-bond acceptors (Lipinski definition) is 2. The van der Waals surface area contributed by atoms with Crippen molar-refractivity contribution in [3.63, 3.8) is 0 Å². The minimum atomic E-state index is 0.517. The van der Waals surface area contributed by atoms with Gasteiger partial charge < -0.3 is 10.3 Å². The molecule has 2 N–H and O–H groups in total. The van der Waals surface area contributed by atoms with Crippen molar-refractivity contribution in [3.05, 3.63) is 57.5 Å². The van der Waals surface area contributed by atoms with Gasteiger partial charge in [-0.1, -0.05) is 39.7 Å². The molecule has 96 valence electrons. The Labute approximate surface area is 124 Å². The lowest BCUT2D eigenvalue weighted by atomic mass is 10.2. The van der Waals surface area contributed by atoms with Crippen molar-refractivity contribution < 1.29 is 0 Å². The number of nitrogen functional groups attached to an aromatic ring is 1. The third-order valence-corrected chi connectivity index (χ3v) is 3.74. The van der Waals surface area contributed by atoms with Crippen molar-refractivity contribution >= 4 is 44.5 Å². The number of hydrogen-bond donors (Lipinski definition) is 1. The Bertz CT molecular complexity index is 734. The van der Waals surface area contributed by atoms with Gasteiger partial charge in [-0.05, 0) is 35.9 Å². The van der Waals surface area contributed by atoms with Crippen molar-refractivity contribution in [2.24, 2.45) is 0 Å². The topological polar surface area (TPSA) is 43.8 Å². The smallest absolute Gasteiger partial charge is 0.201 e. The third kappa shape index (κ3) is 2.46. The van der Waals surface area contributed by atoms with Gasteiger partial charge in [0.2, 0.25) is 5.95 Å². The summed E-state index contributed by atoms with van der Waals surface area (Å²) >= 11 is 9.36. The fourth-order valence-corrected chi connectivity index (χ4v) is 2.53. The van der Waals surface area contributed by atoms with Crippen LogP contribution in [0.2, 0.25) is 5.02 Å². The van der Waals surface area contributed by atoms with E-state index in [1.54, 1.807) is 0 Å². The van der Waals surface area contributed by atoms with E-state index in [-0.39, 0.29) is 0 Å². The lowest BCUT2D eigenvalue weighted by molar-refractivity contribution is 0.838. The van der Waals surface area contributed by atoms with Crippen LogP contribution in [0.1, 0.15) is 5.56 Å². The summed E-state index contributed by atoms with van der Waals surface area (Å²) in [6, 6.07) is 13.7. The van der Waals surface area contributed by atoms with Gasteiger partial charge in [-0.25, -0.2) is 4.98 Å². The molecule has 0 aliphatic rings. The van der Waals surface area contributed by atoms with E-state index in [4.69, 9.17) is 17.3 Å². The standard InChI is InChI=1S/C14H11BrClN3/c15-10-3-6-12-13(7-10)19(14(17)18-12)8-9-1-4-11(16)5-2-9/h1-7H,8H2,(H2,17,18). The Kier molecular flexibility index (Phi) is 3.21. The monoisotopic (exact) mass is 335 g/mol. The molecule has 0 aliphatic carbocycles.